The van der Waals surface area contributed by atoms with Crippen LogP contribution in [0.5, 0.6) is 5.75 Å². The molecular weight excluding hydrogens is 376 g/mol. The van der Waals surface area contributed by atoms with Gasteiger partial charge in [-0.05, 0) is 43.0 Å². The summed E-state index contributed by atoms with van der Waals surface area (Å²) in [7, 11) is 3.43. The van der Waals surface area contributed by atoms with Crippen LogP contribution in [0.2, 0.25) is 0 Å². The monoisotopic (exact) mass is 406 g/mol. The number of likely N-dealkylation sites (tertiary alicyclic amines) is 1. The molecule has 0 bridgehead atoms. The molecule has 2 atom stereocenters. The zero-order valence-corrected chi connectivity index (χ0v) is 17.3. The number of amides is 1. The van der Waals surface area contributed by atoms with Crippen LogP contribution >= 0.6 is 0 Å². The maximum Gasteiger partial charge on any atom is 0.417 e. The average molecular weight is 406 g/mol. The smallest absolute Gasteiger partial charge is 0.417 e. The van der Waals surface area contributed by atoms with Crippen molar-refractivity contribution in [2.45, 2.75) is 19.8 Å². The third-order valence-corrected chi connectivity index (χ3v) is 4.84. The number of hydrogen-bond donors (Lipinski definition) is 1. The predicted molar refractivity (Wildman–Crippen MR) is 107 cm³/mol. The fraction of sp³-hybridized carbons (Fsp3) is 0.571. The van der Waals surface area contributed by atoms with E-state index in [0.29, 0.717) is 18.1 Å². The van der Waals surface area contributed by atoms with Gasteiger partial charge in [-0.15, -0.1) is 0 Å². The van der Waals surface area contributed by atoms with Crippen LogP contribution < -0.4 is 4.74 Å². The molecule has 0 aromatic heterocycles. The highest BCUT2D eigenvalue weighted by molar-refractivity contribution is 6.28. The van der Waals surface area contributed by atoms with Crippen molar-refractivity contribution in [2.75, 3.05) is 46.9 Å². The lowest BCUT2D eigenvalue weighted by atomic mass is 9.91. The zero-order valence-electron chi connectivity index (χ0n) is 17.3. The van der Waals surface area contributed by atoms with Gasteiger partial charge < -0.3 is 24.4 Å². The fourth-order valence-corrected chi connectivity index (χ4v) is 3.59. The van der Waals surface area contributed by atoms with E-state index >= 15 is 0 Å². The zero-order chi connectivity index (χ0) is 21.4. The Labute approximate surface area is 171 Å². The molecule has 0 saturated carbocycles. The first-order chi connectivity index (χ1) is 13.8. The Morgan fingerprint density at radius 1 is 1.17 bits per heavy atom. The Morgan fingerprint density at radius 2 is 1.86 bits per heavy atom. The van der Waals surface area contributed by atoms with Gasteiger partial charge in [0.25, 0.3) is 5.91 Å². The lowest BCUT2D eigenvalue weighted by Gasteiger charge is -2.36. The molecule has 0 radical (unpaired) electrons. The second-order valence-electron chi connectivity index (χ2n) is 7.80. The number of piperidine rings is 1. The topological polar surface area (TPSA) is 96.4 Å². The molecule has 29 heavy (non-hydrogen) atoms. The highest BCUT2D eigenvalue weighted by atomic mass is 16.6. The van der Waals surface area contributed by atoms with Crippen LogP contribution in [0.4, 0.5) is 0 Å². The molecule has 1 saturated heterocycles. The second-order valence-corrected chi connectivity index (χ2v) is 7.80. The van der Waals surface area contributed by atoms with Crippen LogP contribution in [0, 0.1) is 11.8 Å². The first-order valence-corrected chi connectivity index (χ1v) is 9.83. The van der Waals surface area contributed by atoms with Crippen LogP contribution in [-0.2, 0) is 14.3 Å². The van der Waals surface area contributed by atoms with Crippen molar-refractivity contribution in [1.82, 2.24) is 9.80 Å². The van der Waals surface area contributed by atoms with Gasteiger partial charge in [-0.2, -0.15) is 0 Å². The Bertz CT molecular complexity index is 704. The molecule has 1 heterocycles. The van der Waals surface area contributed by atoms with Crippen LogP contribution in [0.3, 0.4) is 0 Å². The Hall–Kier alpha value is -2.61. The molecule has 0 unspecified atom stereocenters. The number of carboxylic acids is 1. The third kappa shape index (κ3) is 7.38. The molecule has 1 aliphatic heterocycles. The summed E-state index contributed by atoms with van der Waals surface area (Å²) in [5.41, 5.74) is 0.624. The number of aliphatic carboxylic acids is 1. The van der Waals surface area contributed by atoms with Crippen molar-refractivity contribution in [3.8, 4) is 5.75 Å². The number of ether oxygens (including phenoxy) is 2. The first kappa shape index (κ1) is 22.7. The minimum absolute atomic E-state index is 0.0423. The maximum absolute atomic E-state index is 11.9. The number of carboxylic acid groups (broad SMARTS) is 1. The number of esters is 1. The van der Waals surface area contributed by atoms with Gasteiger partial charge in [-0.1, -0.05) is 6.92 Å². The Kier molecular flexibility index (Phi) is 8.45. The summed E-state index contributed by atoms with van der Waals surface area (Å²) < 4.78 is 10.6. The summed E-state index contributed by atoms with van der Waals surface area (Å²) in [6.07, 6.45) is 1.75. The molecule has 1 amide bonds. The molecular formula is C21H30N2O6. The largest absolute Gasteiger partial charge is 0.494 e. The van der Waals surface area contributed by atoms with Crippen molar-refractivity contribution in [3.63, 3.8) is 0 Å². The number of nitrogens with zero attached hydrogens (tertiary/aromatic N) is 2. The van der Waals surface area contributed by atoms with Crippen molar-refractivity contribution in [3.05, 3.63) is 29.8 Å². The van der Waals surface area contributed by atoms with E-state index in [4.69, 9.17) is 14.6 Å². The third-order valence-electron chi connectivity index (χ3n) is 4.84. The minimum Gasteiger partial charge on any atom is -0.494 e. The van der Waals surface area contributed by atoms with E-state index in [0.717, 1.165) is 38.2 Å². The molecule has 8 heteroatoms. The molecule has 8 nitrogen and oxygen atoms in total. The molecule has 0 spiro atoms. The van der Waals surface area contributed by atoms with Gasteiger partial charge in [-0.25, -0.2) is 9.59 Å². The molecule has 1 aromatic carbocycles. The van der Waals surface area contributed by atoms with Crippen LogP contribution in [-0.4, -0.2) is 79.7 Å². The van der Waals surface area contributed by atoms with Crippen molar-refractivity contribution in [1.29, 1.82) is 0 Å². The number of carbonyl (C=O) groups is 3. The molecule has 1 N–H and O–H groups in total. The normalized spacial score (nSPS) is 19.4. The van der Waals surface area contributed by atoms with Crippen LogP contribution in [0.15, 0.2) is 24.3 Å². The standard InChI is InChI=1S/C21H30N2O6/c1-15-11-16(14-29-21(27)20(25)26)13-23(12-15)9-4-10-28-18-7-5-17(6-8-18)19(24)22(2)3/h5-8,15-16H,4,9-14H2,1-3H3,(H,25,26)/t15-,16-/m0/s1. The van der Waals surface area contributed by atoms with Gasteiger partial charge in [0.1, 0.15) is 5.75 Å². The number of carbonyl (C=O) groups excluding carboxylic acids is 2. The SMILES string of the molecule is C[C@H]1C[C@H](COC(=O)C(=O)O)CN(CCCOc2ccc(C(=O)N(C)C)cc2)C1. The summed E-state index contributed by atoms with van der Waals surface area (Å²) in [6, 6.07) is 7.11. The summed E-state index contributed by atoms with van der Waals surface area (Å²) in [4.78, 5) is 37.4. The van der Waals surface area contributed by atoms with Gasteiger partial charge in [0, 0.05) is 45.2 Å². The lowest BCUT2D eigenvalue weighted by molar-refractivity contribution is -0.165. The van der Waals surface area contributed by atoms with Gasteiger partial charge in [0.05, 0.1) is 13.2 Å². The van der Waals surface area contributed by atoms with Crippen molar-refractivity contribution >= 4 is 17.8 Å². The number of rotatable bonds is 8. The maximum atomic E-state index is 11.9. The van der Waals surface area contributed by atoms with Crippen molar-refractivity contribution < 1.29 is 29.0 Å². The molecule has 1 fully saturated rings. The van der Waals surface area contributed by atoms with Gasteiger partial charge in [0.15, 0.2) is 0 Å². The van der Waals surface area contributed by atoms with E-state index in [1.54, 1.807) is 38.4 Å². The van der Waals surface area contributed by atoms with E-state index in [9.17, 15) is 14.4 Å². The highest BCUT2D eigenvalue weighted by Gasteiger charge is 2.26. The summed E-state index contributed by atoms with van der Waals surface area (Å²) >= 11 is 0. The predicted octanol–water partition coefficient (Wildman–Crippen LogP) is 1.74. The number of hydrogen-bond acceptors (Lipinski definition) is 6. The number of benzene rings is 1. The van der Waals surface area contributed by atoms with Crippen LogP contribution in [0.1, 0.15) is 30.1 Å². The molecule has 1 aliphatic rings. The van der Waals surface area contributed by atoms with Gasteiger partial charge in [-0.3, -0.25) is 4.79 Å². The van der Waals surface area contributed by atoms with Gasteiger partial charge in [0.2, 0.25) is 0 Å². The quantitative estimate of drug-likeness (QED) is 0.399. The minimum atomic E-state index is -1.55. The Morgan fingerprint density at radius 3 is 2.48 bits per heavy atom. The van der Waals surface area contributed by atoms with E-state index in [1.165, 1.54) is 4.90 Å². The molecule has 0 aliphatic carbocycles. The highest BCUT2D eigenvalue weighted by Crippen LogP contribution is 2.22. The summed E-state index contributed by atoms with van der Waals surface area (Å²) in [5, 5.41) is 8.60. The molecule has 2 rings (SSSR count). The Balaban J connectivity index is 1.71. The summed E-state index contributed by atoms with van der Waals surface area (Å²) in [5.74, 6) is -1.46. The van der Waals surface area contributed by atoms with E-state index in [-0.39, 0.29) is 18.4 Å². The van der Waals surface area contributed by atoms with Crippen molar-refractivity contribution in [2.24, 2.45) is 11.8 Å². The average Bonchev–Trinajstić information content (AvgIpc) is 2.68. The van der Waals surface area contributed by atoms with E-state index < -0.39 is 11.9 Å². The lowest BCUT2D eigenvalue weighted by Crippen LogP contribution is -2.42. The summed E-state index contributed by atoms with van der Waals surface area (Å²) in [6.45, 7) is 5.44. The fourth-order valence-electron chi connectivity index (χ4n) is 3.59. The van der Waals surface area contributed by atoms with Gasteiger partial charge >= 0.3 is 11.9 Å². The van der Waals surface area contributed by atoms with E-state index in [2.05, 4.69) is 11.8 Å². The molecule has 160 valence electrons. The molecule has 1 aromatic rings. The second kappa shape index (κ2) is 10.8. The van der Waals surface area contributed by atoms with Crippen LogP contribution in [0.25, 0.3) is 0 Å². The first-order valence-electron chi connectivity index (χ1n) is 9.83. The van der Waals surface area contributed by atoms with E-state index in [1.807, 2.05) is 0 Å².